The smallest absolute Gasteiger partial charge is 0.128 e. The van der Waals surface area contributed by atoms with Gasteiger partial charge in [0.1, 0.15) is 4.61 Å². The second kappa shape index (κ2) is 6.17. The maximum atomic E-state index is 5.83. The fourth-order valence-corrected chi connectivity index (χ4v) is 3.97. The SMILES string of the molecule is PC1(SCc2ccccc2)CCON1c1ccccc1. The van der Waals surface area contributed by atoms with Gasteiger partial charge in [0.15, 0.2) is 0 Å². The summed E-state index contributed by atoms with van der Waals surface area (Å²) >= 11 is 1.91. The van der Waals surface area contributed by atoms with Crippen molar-refractivity contribution >= 4 is 26.7 Å². The predicted molar refractivity (Wildman–Crippen MR) is 89.7 cm³/mol. The van der Waals surface area contributed by atoms with Gasteiger partial charge in [0.25, 0.3) is 0 Å². The Labute approximate surface area is 126 Å². The molecule has 0 aliphatic carbocycles. The van der Waals surface area contributed by atoms with Crippen molar-refractivity contribution < 1.29 is 4.84 Å². The molecule has 3 rings (SSSR count). The lowest BCUT2D eigenvalue weighted by Gasteiger charge is -2.33. The topological polar surface area (TPSA) is 12.5 Å². The van der Waals surface area contributed by atoms with Crippen molar-refractivity contribution in [1.82, 2.24) is 0 Å². The minimum absolute atomic E-state index is 0.0861. The van der Waals surface area contributed by atoms with Crippen LogP contribution in [0.3, 0.4) is 0 Å². The van der Waals surface area contributed by atoms with Crippen molar-refractivity contribution in [3.8, 4) is 0 Å². The van der Waals surface area contributed by atoms with Crippen LogP contribution < -0.4 is 5.06 Å². The summed E-state index contributed by atoms with van der Waals surface area (Å²) in [7, 11) is 2.98. The lowest BCUT2D eigenvalue weighted by Crippen LogP contribution is -2.34. The van der Waals surface area contributed by atoms with Gasteiger partial charge >= 0.3 is 0 Å². The molecule has 1 heterocycles. The van der Waals surface area contributed by atoms with E-state index in [1.54, 1.807) is 0 Å². The summed E-state index contributed by atoms with van der Waals surface area (Å²) in [4.78, 5) is 5.83. The number of nitrogens with zero attached hydrogens (tertiary/aromatic N) is 1. The highest BCUT2D eigenvalue weighted by molar-refractivity contribution is 8.03. The summed E-state index contributed by atoms with van der Waals surface area (Å²) in [6, 6.07) is 20.9. The van der Waals surface area contributed by atoms with Crippen LogP contribution in [0.4, 0.5) is 5.69 Å². The molecule has 0 radical (unpaired) electrons. The molecule has 0 N–H and O–H groups in total. The average molecular weight is 303 g/mol. The van der Waals surface area contributed by atoms with E-state index in [-0.39, 0.29) is 4.61 Å². The van der Waals surface area contributed by atoms with Crippen LogP contribution in [0.25, 0.3) is 0 Å². The van der Waals surface area contributed by atoms with E-state index in [0.717, 1.165) is 24.5 Å². The highest BCUT2D eigenvalue weighted by atomic mass is 32.2. The quantitative estimate of drug-likeness (QED) is 0.782. The van der Waals surface area contributed by atoms with E-state index >= 15 is 0 Å². The van der Waals surface area contributed by atoms with Crippen LogP contribution in [0.1, 0.15) is 12.0 Å². The number of rotatable bonds is 4. The van der Waals surface area contributed by atoms with Crippen LogP contribution in [0.15, 0.2) is 60.7 Å². The van der Waals surface area contributed by atoms with Gasteiger partial charge in [-0.3, -0.25) is 4.84 Å². The lowest BCUT2D eigenvalue weighted by molar-refractivity contribution is 0.163. The van der Waals surface area contributed by atoms with Crippen molar-refractivity contribution in [2.24, 2.45) is 0 Å². The van der Waals surface area contributed by atoms with E-state index in [2.05, 4.69) is 51.7 Å². The predicted octanol–water partition coefficient (Wildman–Crippen LogP) is 4.29. The summed E-state index contributed by atoms with van der Waals surface area (Å²) in [6.07, 6.45) is 1.00. The zero-order valence-corrected chi connectivity index (χ0v) is 13.2. The molecule has 20 heavy (non-hydrogen) atoms. The summed E-state index contributed by atoms with van der Waals surface area (Å²) in [5.74, 6) is 0.983. The molecule has 2 nitrogen and oxygen atoms in total. The molecule has 1 aliphatic rings. The van der Waals surface area contributed by atoms with Crippen LogP contribution >= 0.6 is 21.0 Å². The zero-order valence-electron chi connectivity index (χ0n) is 11.2. The monoisotopic (exact) mass is 303 g/mol. The molecule has 0 aromatic heterocycles. The minimum Gasteiger partial charge on any atom is -0.272 e. The van der Waals surface area contributed by atoms with E-state index in [1.807, 2.05) is 35.0 Å². The van der Waals surface area contributed by atoms with E-state index in [9.17, 15) is 0 Å². The van der Waals surface area contributed by atoms with E-state index in [4.69, 9.17) is 4.84 Å². The average Bonchev–Trinajstić information content (AvgIpc) is 2.90. The Kier molecular flexibility index (Phi) is 4.30. The van der Waals surface area contributed by atoms with Crippen molar-refractivity contribution in [3.63, 3.8) is 0 Å². The van der Waals surface area contributed by atoms with Gasteiger partial charge in [-0.15, -0.1) is 11.8 Å². The van der Waals surface area contributed by atoms with Gasteiger partial charge in [0, 0.05) is 12.2 Å². The molecular weight excluding hydrogens is 285 g/mol. The third-order valence-corrected chi connectivity index (χ3v) is 5.72. The molecule has 0 bridgehead atoms. The van der Waals surface area contributed by atoms with Crippen LogP contribution in [0.5, 0.6) is 0 Å². The Hall–Kier alpha value is -1.02. The summed E-state index contributed by atoms with van der Waals surface area (Å²) in [5, 5.41) is 2.03. The molecule has 0 saturated carbocycles. The zero-order chi connectivity index (χ0) is 13.8. The van der Waals surface area contributed by atoms with Gasteiger partial charge in [0.05, 0.1) is 12.3 Å². The van der Waals surface area contributed by atoms with Crippen LogP contribution in [-0.2, 0) is 10.6 Å². The number of para-hydroxylation sites is 1. The second-order valence-electron chi connectivity index (χ2n) is 4.83. The fourth-order valence-electron chi connectivity index (χ4n) is 2.26. The van der Waals surface area contributed by atoms with Gasteiger partial charge in [-0.25, -0.2) is 5.06 Å². The Morgan fingerprint density at radius 2 is 1.70 bits per heavy atom. The molecule has 1 aliphatic heterocycles. The maximum absolute atomic E-state index is 5.83. The Morgan fingerprint density at radius 1 is 1.05 bits per heavy atom. The normalized spacial score (nSPS) is 22.1. The van der Waals surface area contributed by atoms with E-state index < -0.39 is 0 Å². The molecule has 104 valence electrons. The first-order chi connectivity index (χ1) is 9.78. The minimum atomic E-state index is -0.0861. The largest absolute Gasteiger partial charge is 0.272 e. The Bertz CT molecular complexity index is 551. The first kappa shape index (κ1) is 13.9. The third-order valence-electron chi connectivity index (χ3n) is 3.35. The second-order valence-corrected chi connectivity index (χ2v) is 7.49. The fraction of sp³-hybridized carbons (Fsp3) is 0.250. The molecule has 1 saturated heterocycles. The van der Waals surface area contributed by atoms with Gasteiger partial charge < -0.3 is 0 Å². The first-order valence-electron chi connectivity index (χ1n) is 6.73. The molecule has 2 atom stereocenters. The highest BCUT2D eigenvalue weighted by Crippen LogP contribution is 2.47. The summed E-state index contributed by atoms with van der Waals surface area (Å²) in [5.41, 5.74) is 2.46. The Balaban J connectivity index is 1.73. The molecule has 2 aromatic rings. The first-order valence-corrected chi connectivity index (χ1v) is 8.29. The standard InChI is InChI=1S/C16H18NOPS/c19-16(20-13-14-7-3-1-4-8-14)11-12-18-17(16)15-9-5-2-6-10-15/h1-10H,11-13,19H2. The molecule has 2 unspecified atom stereocenters. The Morgan fingerprint density at radius 3 is 2.40 bits per heavy atom. The molecule has 4 heteroatoms. The third kappa shape index (κ3) is 3.01. The number of benzene rings is 2. The number of anilines is 1. The van der Waals surface area contributed by atoms with E-state index in [0.29, 0.717) is 0 Å². The number of hydroxylamine groups is 1. The summed E-state index contributed by atoms with van der Waals surface area (Å²) in [6.45, 7) is 0.764. The van der Waals surface area contributed by atoms with Gasteiger partial charge in [-0.05, 0) is 17.7 Å². The molecule has 1 fully saturated rings. The lowest BCUT2D eigenvalue weighted by atomic mass is 10.2. The van der Waals surface area contributed by atoms with Gasteiger partial charge in [-0.2, -0.15) is 0 Å². The maximum Gasteiger partial charge on any atom is 0.128 e. The van der Waals surface area contributed by atoms with Crippen molar-refractivity contribution in [1.29, 1.82) is 0 Å². The number of hydrogen-bond acceptors (Lipinski definition) is 3. The highest BCUT2D eigenvalue weighted by Gasteiger charge is 2.39. The van der Waals surface area contributed by atoms with Crippen molar-refractivity contribution in [3.05, 3.63) is 66.2 Å². The molecular formula is C16H18NOPS. The number of hydrogen-bond donors (Lipinski definition) is 0. The number of thioether (sulfide) groups is 1. The van der Waals surface area contributed by atoms with Gasteiger partial charge in [-0.1, -0.05) is 57.8 Å². The van der Waals surface area contributed by atoms with Crippen LogP contribution in [0.2, 0.25) is 0 Å². The van der Waals surface area contributed by atoms with Crippen LogP contribution in [0, 0.1) is 0 Å². The summed E-state index contributed by atoms with van der Waals surface area (Å²) < 4.78 is -0.0861. The van der Waals surface area contributed by atoms with E-state index in [1.165, 1.54) is 5.56 Å². The van der Waals surface area contributed by atoms with Crippen LogP contribution in [-0.4, -0.2) is 11.2 Å². The molecule has 0 spiro atoms. The van der Waals surface area contributed by atoms with Gasteiger partial charge in [0.2, 0.25) is 0 Å². The van der Waals surface area contributed by atoms with Crippen molar-refractivity contribution in [2.45, 2.75) is 16.8 Å². The van der Waals surface area contributed by atoms with Crippen molar-refractivity contribution in [2.75, 3.05) is 11.7 Å². The molecule has 0 amide bonds. The molecule has 2 aromatic carbocycles.